The number of nitrogens with one attached hydrogen (secondary N) is 1. The van der Waals surface area contributed by atoms with E-state index >= 15 is 0 Å². The normalized spacial score (nSPS) is 20.0. The highest BCUT2D eigenvalue weighted by Gasteiger charge is 2.17. The molecule has 0 radical (unpaired) electrons. The molecule has 1 aliphatic rings. The summed E-state index contributed by atoms with van der Waals surface area (Å²) in [5, 5.41) is 8.35. The van der Waals surface area contributed by atoms with Crippen LogP contribution in [0, 0.1) is 0 Å². The zero-order valence-corrected chi connectivity index (χ0v) is 11.0. The summed E-state index contributed by atoms with van der Waals surface area (Å²) in [5.74, 6) is 0. The number of benzene rings is 1. The molecular formula is C13H16N2O2S. The maximum atomic E-state index is 11.6. The molecule has 2 rings (SSSR count). The molecule has 0 aliphatic heterocycles. The van der Waals surface area contributed by atoms with Crippen LogP contribution in [0.2, 0.25) is 0 Å². The zero-order valence-electron chi connectivity index (χ0n) is 10.2. The summed E-state index contributed by atoms with van der Waals surface area (Å²) >= 11 is 0. The standard InChI is InChI=1S/C13H16N2O2S/c1-15-12-8-4-2-3-6-11-10(12)7-5-9-13(11)18(14,16)17/h3,5-9,15H,2,4H2,1H3,(H2,14,16,17)/b6-3-,12-8+. The van der Waals surface area contributed by atoms with Crippen molar-refractivity contribution >= 4 is 21.8 Å². The molecule has 0 bridgehead atoms. The van der Waals surface area contributed by atoms with Crippen LogP contribution in [-0.4, -0.2) is 15.5 Å². The topological polar surface area (TPSA) is 72.2 Å². The Labute approximate surface area is 107 Å². The second-order valence-electron chi connectivity index (χ2n) is 4.11. The fourth-order valence-corrected chi connectivity index (χ4v) is 2.82. The van der Waals surface area contributed by atoms with Crippen LogP contribution >= 0.6 is 0 Å². The molecule has 0 saturated carbocycles. The monoisotopic (exact) mass is 264 g/mol. The van der Waals surface area contributed by atoms with Crippen molar-refractivity contribution in [3.63, 3.8) is 0 Å². The number of sulfonamides is 1. The number of hydrogen-bond donors (Lipinski definition) is 2. The first kappa shape index (κ1) is 12.9. The lowest BCUT2D eigenvalue weighted by molar-refractivity contribution is 0.597. The maximum absolute atomic E-state index is 11.6. The van der Waals surface area contributed by atoms with Gasteiger partial charge in [0.15, 0.2) is 0 Å². The molecule has 0 amide bonds. The van der Waals surface area contributed by atoms with E-state index in [1.165, 1.54) is 6.07 Å². The Hall–Kier alpha value is -1.59. The summed E-state index contributed by atoms with van der Waals surface area (Å²) in [6, 6.07) is 5.13. The smallest absolute Gasteiger partial charge is 0.238 e. The number of allylic oxidation sites excluding steroid dienone is 2. The fraction of sp³-hybridized carbons (Fsp3) is 0.231. The van der Waals surface area contributed by atoms with Gasteiger partial charge in [-0.2, -0.15) is 0 Å². The Bertz CT molecular complexity index is 616. The van der Waals surface area contributed by atoms with Crippen LogP contribution in [0.1, 0.15) is 24.0 Å². The van der Waals surface area contributed by atoms with Gasteiger partial charge in [0, 0.05) is 23.9 Å². The summed E-state index contributed by atoms with van der Waals surface area (Å²) in [6.07, 6.45) is 7.67. The average Bonchev–Trinajstić information content (AvgIpc) is 2.28. The first-order chi connectivity index (χ1) is 8.54. The molecule has 1 aromatic rings. The molecule has 0 heterocycles. The summed E-state index contributed by atoms with van der Waals surface area (Å²) in [6.45, 7) is 0. The molecule has 96 valence electrons. The third kappa shape index (κ3) is 2.47. The first-order valence-electron chi connectivity index (χ1n) is 5.74. The molecule has 0 saturated heterocycles. The lowest BCUT2D eigenvalue weighted by atomic mass is 10.00. The van der Waals surface area contributed by atoms with Gasteiger partial charge in [-0.15, -0.1) is 0 Å². The van der Waals surface area contributed by atoms with Crippen molar-refractivity contribution in [2.45, 2.75) is 17.7 Å². The van der Waals surface area contributed by atoms with Gasteiger partial charge in [-0.3, -0.25) is 0 Å². The molecule has 1 aliphatic carbocycles. The van der Waals surface area contributed by atoms with Crippen molar-refractivity contribution in [2.75, 3.05) is 7.05 Å². The van der Waals surface area contributed by atoms with Crippen molar-refractivity contribution in [3.8, 4) is 0 Å². The van der Waals surface area contributed by atoms with Gasteiger partial charge in [-0.25, -0.2) is 13.6 Å². The van der Waals surface area contributed by atoms with Crippen LogP contribution < -0.4 is 10.5 Å². The SMILES string of the molecule is CN/C1=C/CC/C=C\c2c1cccc2S(N)(=O)=O. The minimum atomic E-state index is -3.71. The van der Waals surface area contributed by atoms with E-state index in [2.05, 4.69) is 11.4 Å². The number of rotatable bonds is 2. The molecule has 0 fully saturated rings. The molecule has 18 heavy (non-hydrogen) atoms. The lowest BCUT2D eigenvalue weighted by Gasteiger charge is -2.15. The molecule has 0 spiro atoms. The van der Waals surface area contributed by atoms with Gasteiger partial charge in [0.05, 0.1) is 4.90 Å². The second-order valence-corrected chi connectivity index (χ2v) is 5.64. The fourth-order valence-electron chi connectivity index (χ4n) is 2.07. The van der Waals surface area contributed by atoms with Gasteiger partial charge >= 0.3 is 0 Å². The molecular weight excluding hydrogens is 248 g/mol. The predicted octanol–water partition coefficient (Wildman–Crippen LogP) is 1.70. The highest BCUT2D eigenvalue weighted by atomic mass is 32.2. The highest BCUT2D eigenvalue weighted by Crippen LogP contribution is 2.27. The molecule has 3 N–H and O–H groups in total. The van der Waals surface area contributed by atoms with E-state index in [1.54, 1.807) is 6.07 Å². The maximum Gasteiger partial charge on any atom is 0.238 e. The molecule has 0 aromatic heterocycles. The Morgan fingerprint density at radius 2 is 2.06 bits per heavy atom. The number of primary sulfonamides is 1. The minimum absolute atomic E-state index is 0.166. The Morgan fingerprint density at radius 3 is 2.72 bits per heavy atom. The van der Waals surface area contributed by atoms with Crippen LogP contribution in [0.3, 0.4) is 0 Å². The van der Waals surface area contributed by atoms with Crippen molar-refractivity contribution in [2.24, 2.45) is 5.14 Å². The van der Waals surface area contributed by atoms with Gasteiger partial charge in [-0.05, 0) is 18.9 Å². The molecule has 1 aromatic carbocycles. The minimum Gasteiger partial charge on any atom is -0.388 e. The number of nitrogens with two attached hydrogens (primary N) is 1. The van der Waals surface area contributed by atoms with Gasteiger partial charge in [0.2, 0.25) is 10.0 Å². The van der Waals surface area contributed by atoms with Crippen LogP contribution in [0.25, 0.3) is 11.8 Å². The van der Waals surface area contributed by atoms with E-state index in [4.69, 9.17) is 5.14 Å². The third-order valence-electron chi connectivity index (χ3n) is 2.90. The average molecular weight is 264 g/mol. The Morgan fingerprint density at radius 1 is 1.28 bits per heavy atom. The van der Waals surface area contributed by atoms with Gasteiger partial charge in [0.1, 0.15) is 0 Å². The molecule has 4 nitrogen and oxygen atoms in total. The Balaban J connectivity index is 2.74. The van der Waals surface area contributed by atoms with E-state index < -0.39 is 10.0 Å². The van der Waals surface area contributed by atoms with Crippen LogP contribution in [0.15, 0.2) is 35.2 Å². The number of hydrogen-bond acceptors (Lipinski definition) is 3. The summed E-state index contributed by atoms with van der Waals surface area (Å²) in [4.78, 5) is 0.166. The predicted molar refractivity (Wildman–Crippen MR) is 73.1 cm³/mol. The zero-order chi connectivity index (χ0) is 13.2. The first-order valence-corrected chi connectivity index (χ1v) is 7.29. The summed E-state index contributed by atoms with van der Waals surface area (Å²) < 4.78 is 23.2. The molecule has 5 heteroatoms. The molecule has 0 atom stereocenters. The van der Waals surface area contributed by atoms with E-state index in [9.17, 15) is 8.42 Å². The van der Waals surface area contributed by atoms with Crippen molar-refractivity contribution in [1.82, 2.24) is 5.32 Å². The summed E-state index contributed by atoms with van der Waals surface area (Å²) in [5.41, 5.74) is 2.44. The van der Waals surface area contributed by atoms with E-state index in [0.29, 0.717) is 5.56 Å². The van der Waals surface area contributed by atoms with Crippen molar-refractivity contribution < 1.29 is 8.42 Å². The van der Waals surface area contributed by atoms with Gasteiger partial charge in [-0.1, -0.05) is 30.4 Å². The largest absolute Gasteiger partial charge is 0.388 e. The van der Waals surface area contributed by atoms with E-state index in [0.717, 1.165) is 24.1 Å². The Kier molecular flexibility index (Phi) is 3.54. The highest BCUT2D eigenvalue weighted by molar-refractivity contribution is 7.89. The van der Waals surface area contributed by atoms with E-state index in [-0.39, 0.29) is 4.90 Å². The van der Waals surface area contributed by atoms with Crippen molar-refractivity contribution in [3.05, 3.63) is 41.5 Å². The quantitative estimate of drug-likeness (QED) is 0.854. The van der Waals surface area contributed by atoms with Crippen molar-refractivity contribution in [1.29, 1.82) is 0 Å². The van der Waals surface area contributed by atoms with Crippen LogP contribution in [0.4, 0.5) is 0 Å². The van der Waals surface area contributed by atoms with Crippen LogP contribution in [0.5, 0.6) is 0 Å². The second kappa shape index (κ2) is 4.96. The van der Waals surface area contributed by atoms with Gasteiger partial charge in [0.25, 0.3) is 0 Å². The van der Waals surface area contributed by atoms with Gasteiger partial charge < -0.3 is 5.32 Å². The lowest BCUT2D eigenvalue weighted by Crippen LogP contribution is -2.16. The number of fused-ring (bicyclic) bond motifs is 1. The molecule has 0 unspecified atom stereocenters. The third-order valence-corrected chi connectivity index (χ3v) is 3.87. The van der Waals surface area contributed by atoms with Crippen LogP contribution in [-0.2, 0) is 10.0 Å². The summed E-state index contributed by atoms with van der Waals surface area (Å²) in [7, 11) is -1.89. The van der Waals surface area contributed by atoms with E-state index in [1.807, 2.05) is 25.3 Å².